The molecule has 8 heteroatoms. The summed E-state index contributed by atoms with van der Waals surface area (Å²) in [5.74, 6) is 0. The molecule has 3 rings (SSSR count). The predicted molar refractivity (Wildman–Crippen MR) is 86.6 cm³/mol. The SMILES string of the molecule is CCN(CC)[C@@H]1CN(S(=O)(=O)c2cn(C)cn2)[C@@H]2CCCO[C@H]12. The van der Waals surface area contributed by atoms with Gasteiger partial charge in [0.2, 0.25) is 0 Å². The van der Waals surface area contributed by atoms with Crippen molar-refractivity contribution in [3.05, 3.63) is 12.5 Å². The van der Waals surface area contributed by atoms with Gasteiger partial charge in [0.05, 0.1) is 24.5 Å². The van der Waals surface area contributed by atoms with Gasteiger partial charge < -0.3 is 9.30 Å². The van der Waals surface area contributed by atoms with Gasteiger partial charge in [-0.15, -0.1) is 0 Å². The molecule has 0 unspecified atom stereocenters. The third-order valence-corrected chi connectivity index (χ3v) is 6.76. The molecule has 2 aliphatic rings. The van der Waals surface area contributed by atoms with E-state index in [0.29, 0.717) is 6.54 Å². The summed E-state index contributed by atoms with van der Waals surface area (Å²) in [4.78, 5) is 6.36. The summed E-state index contributed by atoms with van der Waals surface area (Å²) in [7, 11) is -1.80. The number of ether oxygens (including phenoxy) is 1. The molecule has 0 N–H and O–H groups in total. The number of fused-ring (bicyclic) bond motifs is 1. The van der Waals surface area contributed by atoms with E-state index in [1.807, 2.05) is 0 Å². The number of sulfonamides is 1. The highest BCUT2D eigenvalue weighted by atomic mass is 32.2. The Kier molecular flexibility index (Phi) is 4.78. The van der Waals surface area contributed by atoms with E-state index in [-0.39, 0.29) is 23.2 Å². The van der Waals surface area contributed by atoms with Crippen LogP contribution in [-0.4, -0.2) is 71.6 Å². The lowest BCUT2D eigenvalue weighted by atomic mass is 10.0. The number of aryl methyl sites for hydroxylation is 1. The fourth-order valence-corrected chi connectivity index (χ4v) is 5.47. The van der Waals surface area contributed by atoms with Gasteiger partial charge >= 0.3 is 0 Å². The minimum atomic E-state index is -3.58. The number of aromatic nitrogens is 2. The minimum absolute atomic E-state index is 0.0397. The van der Waals surface area contributed by atoms with E-state index in [1.54, 1.807) is 22.1 Å². The second kappa shape index (κ2) is 6.51. The summed E-state index contributed by atoms with van der Waals surface area (Å²) in [6, 6.07) is 0.0372. The molecule has 3 heterocycles. The molecule has 1 aromatic rings. The van der Waals surface area contributed by atoms with Crippen LogP contribution >= 0.6 is 0 Å². The van der Waals surface area contributed by atoms with Gasteiger partial charge in [-0.3, -0.25) is 4.90 Å². The Balaban J connectivity index is 1.92. The van der Waals surface area contributed by atoms with E-state index in [9.17, 15) is 8.42 Å². The molecule has 2 aliphatic heterocycles. The van der Waals surface area contributed by atoms with E-state index in [0.717, 1.165) is 32.5 Å². The Labute approximate surface area is 138 Å². The highest BCUT2D eigenvalue weighted by molar-refractivity contribution is 7.89. The lowest BCUT2D eigenvalue weighted by Crippen LogP contribution is -2.47. The lowest BCUT2D eigenvalue weighted by Gasteiger charge is -2.34. The Hall–Kier alpha value is -0.960. The maximum atomic E-state index is 13.0. The Morgan fingerprint density at radius 2 is 2.13 bits per heavy atom. The second-order valence-corrected chi connectivity index (χ2v) is 8.12. The first-order valence-electron chi connectivity index (χ1n) is 8.34. The zero-order valence-corrected chi connectivity index (χ0v) is 14.9. The molecule has 0 amide bonds. The molecule has 2 fully saturated rings. The second-order valence-electron chi connectivity index (χ2n) is 6.29. The molecule has 7 nitrogen and oxygen atoms in total. The van der Waals surface area contributed by atoms with Gasteiger partial charge in [-0.1, -0.05) is 13.8 Å². The first kappa shape index (κ1) is 16.9. The van der Waals surface area contributed by atoms with Crippen LogP contribution in [0.15, 0.2) is 17.6 Å². The molecule has 0 aliphatic carbocycles. The molecule has 23 heavy (non-hydrogen) atoms. The van der Waals surface area contributed by atoms with Crippen molar-refractivity contribution < 1.29 is 13.2 Å². The molecule has 130 valence electrons. The number of likely N-dealkylation sites (N-methyl/N-ethyl adjacent to an activating group) is 1. The fraction of sp³-hybridized carbons (Fsp3) is 0.800. The molecular formula is C15H26N4O3S. The first-order chi connectivity index (χ1) is 11.0. The summed E-state index contributed by atoms with van der Waals surface area (Å²) in [6.45, 7) is 7.21. The first-order valence-corrected chi connectivity index (χ1v) is 9.78. The predicted octanol–water partition coefficient (Wildman–Crippen LogP) is 0.682. The van der Waals surface area contributed by atoms with E-state index in [2.05, 4.69) is 23.7 Å². The summed E-state index contributed by atoms with van der Waals surface area (Å²) >= 11 is 0. The van der Waals surface area contributed by atoms with Crippen LogP contribution in [0.1, 0.15) is 26.7 Å². The third-order valence-electron chi connectivity index (χ3n) is 4.99. The van der Waals surface area contributed by atoms with E-state index in [4.69, 9.17) is 4.74 Å². The van der Waals surface area contributed by atoms with Crippen LogP contribution in [-0.2, 0) is 21.8 Å². The Morgan fingerprint density at radius 3 is 2.74 bits per heavy atom. The quantitative estimate of drug-likeness (QED) is 0.787. The van der Waals surface area contributed by atoms with Gasteiger partial charge in [0.15, 0.2) is 5.03 Å². The number of imidazole rings is 1. The molecule has 0 spiro atoms. The topological polar surface area (TPSA) is 67.7 Å². The summed E-state index contributed by atoms with van der Waals surface area (Å²) in [5.41, 5.74) is 0. The minimum Gasteiger partial charge on any atom is -0.375 e. The van der Waals surface area contributed by atoms with Crippen molar-refractivity contribution in [2.24, 2.45) is 7.05 Å². The summed E-state index contributed by atoms with van der Waals surface area (Å²) < 4.78 is 35.3. The molecule has 0 aromatic carbocycles. The molecule has 1 aromatic heterocycles. The number of hydrogen-bond donors (Lipinski definition) is 0. The number of hydrogen-bond acceptors (Lipinski definition) is 5. The van der Waals surface area contributed by atoms with Crippen molar-refractivity contribution >= 4 is 10.0 Å². The van der Waals surface area contributed by atoms with Crippen molar-refractivity contribution in [3.63, 3.8) is 0 Å². The van der Waals surface area contributed by atoms with Crippen LogP contribution in [0, 0.1) is 0 Å². The maximum absolute atomic E-state index is 13.0. The molecular weight excluding hydrogens is 316 g/mol. The van der Waals surface area contributed by atoms with Gasteiger partial charge in [-0.25, -0.2) is 13.4 Å². The van der Waals surface area contributed by atoms with Crippen LogP contribution in [0.5, 0.6) is 0 Å². The fourth-order valence-electron chi connectivity index (χ4n) is 3.82. The normalized spacial score (nSPS) is 29.1. The largest absolute Gasteiger partial charge is 0.375 e. The average Bonchev–Trinajstić information content (AvgIpc) is 3.14. The highest BCUT2D eigenvalue weighted by Gasteiger charge is 2.50. The Morgan fingerprint density at radius 1 is 1.39 bits per heavy atom. The smallest absolute Gasteiger partial charge is 0.262 e. The molecule has 0 radical (unpaired) electrons. The van der Waals surface area contributed by atoms with Crippen LogP contribution in [0.3, 0.4) is 0 Å². The average molecular weight is 342 g/mol. The molecule has 0 bridgehead atoms. The van der Waals surface area contributed by atoms with Crippen LogP contribution in [0.25, 0.3) is 0 Å². The van der Waals surface area contributed by atoms with E-state index >= 15 is 0 Å². The van der Waals surface area contributed by atoms with E-state index in [1.165, 1.54) is 6.33 Å². The van der Waals surface area contributed by atoms with Crippen molar-refractivity contribution in [1.82, 2.24) is 18.8 Å². The van der Waals surface area contributed by atoms with E-state index < -0.39 is 10.0 Å². The monoisotopic (exact) mass is 342 g/mol. The zero-order chi connectivity index (χ0) is 16.6. The standard InChI is InChI=1S/C15H26N4O3S/c1-4-18(5-2)13-9-19(12-7-6-8-22-15(12)13)23(20,21)14-10-17(3)11-16-14/h10-13,15H,4-9H2,1-3H3/t12-,13-,15+/m1/s1. The lowest BCUT2D eigenvalue weighted by molar-refractivity contribution is -0.0331. The van der Waals surface area contributed by atoms with Crippen molar-refractivity contribution in [3.8, 4) is 0 Å². The molecule has 2 saturated heterocycles. The summed E-state index contributed by atoms with van der Waals surface area (Å²) in [6.07, 6.45) is 4.81. The highest BCUT2D eigenvalue weighted by Crippen LogP contribution is 2.35. The molecule has 0 saturated carbocycles. The van der Waals surface area contributed by atoms with Gasteiger partial charge in [-0.05, 0) is 25.9 Å². The number of rotatable bonds is 5. The van der Waals surface area contributed by atoms with Crippen molar-refractivity contribution in [1.29, 1.82) is 0 Å². The van der Waals surface area contributed by atoms with Crippen molar-refractivity contribution in [2.45, 2.75) is 49.9 Å². The number of nitrogens with zero attached hydrogens (tertiary/aromatic N) is 4. The van der Waals surface area contributed by atoms with Crippen LogP contribution < -0.4 is 0 Å². The van der Waals surface area contributed by atoms with Crippen LogP contribution in [0.2, 0.25) is 0 Å². The zero-order valence-electron chi connectivity index (χ0n) is 14.1. The van der Waals surface area contributed by atoms with Gasteiger partial charge in [0.25, 0.3) is 10.0 Å². The molecule has 3 atom stereocenters. The third kappa shape index (κ3) is 2.93. The maximum Gasteiger partial charge on any atom is 0.262 e. The van der Waals surface area contributed by atoms with Gasteiger partial charge in [0, 0.05) is 26.4 Å². The summed E-state index contributed by atoms with van der Waals surface area (Å²) in [5, 5.41) is 0.129. The van der Waals surface area contributed by atoms with Gasteiger partial charge in [-0.2, -0.15) is 4.31 Å². The van der Waals surface area contributed by atoms with Crippen LogP contribution in [0.4, 0.5) is 0 Å². The Bertz CT molecular complexity index is 641. The van der Waals surface area contributed by atoms with Crippen molar-refractivity contribution in [2.75, 3.05) is 26.2 Å². The van der Waals surface area contributed by atoms with Gasteiger partial charge in [0.1, 0.15) is 0 Å².